The summed E-state index contributed by atoms with van der Waals surface area (Å²) < 4.78 is 5.87. The van der Waals surface area contributed by atoms with Gasteiger partial charge in [-0.15, -0.1) is 0 Å². The summed E-state index contributed by atoms with van der Waals surface area (Å²) in [5, 5.41) is 1.18. The van der Waals surface area contributed by atoms with Gasteiger partial charge in [0, 0.05) is 16.8 Å². The third-order valence-electron chi connectivity index (χ3n) is 5.32. The van der Waals surface area contributed by atoms with Crippen molar-refractivity contribution in [2.45, 2.75) is 0 Å². The van der Waals surface area contributed by atoms with Crippen LogP contribution in [0.1, 0.15) is 11.4 Å². The highest BCUT2D eigenvalue weighted by molar-refractivity contribution is 6.36. The smallest absolute Gasteiger partial charge is 0.130 e. The Morgan fingerprint density at radius 1 is 0.706 bits per heavy atom. The van der Waals surface area contributed by atoms with Crippen molar-refractivity contribution < 1.29 is 4.74 Å². The summed E-state index contributed by atoms with van der Waals surface area (Å²) in [5.74, 6) is 2.39. The predicted octanol–water partition coefficient (Wildman–Crippen LogP) is 9.01. The summed E-state index contributed by atoms with van der Waals surface area (Å²) in [6, 6.07) is 31.6. The van der Waals surface area contributed by atoms with Gasteiger partial charge in [-0.2, -0.15) is 0 Å². The number of ether oxygens (including phenoxy) is 1. The number of rotatable bonds is 6. The third-order valence-corrected chi connectivity index (χ3v) is 5.86. The molecule has 0 atom stereocenters. The van der Waals surface area contributed by atoms with Crippen LogP contribution in [0.25, 0.3) is 34.5 Å². The maximum Gasteiger partial charge on any atom is 0.130 e. The number of halogens is 2. The van der Waals surface area contributed by atoms with Gasteiger partial charge in [0.1, 0.15) is 17.3 Å². The lowest BCUT2D eigenvalue weighted by Crippen LogP contribution is -1.84. The van der Waals surface area contributed by atoms with Crippen molar-refractivity contribution in [3.8, 4) is 33.9 Å². The molecule has 0 saturated heterocycles. The molecule has 3 nitrogen and oxygen atoms in total. The Kier molecular flexibility index (Phi) is 6.48. The standard InChI is InChI=1S/C29H20Cl2N2O/c30-23-13-16-26(27(31)18-23)28-19-32-29(33-28)17-8-20-6-9-21(10-7-20)22-11-14-25(15-12-22)34-24-4-2-1-3-5-24/h1-19H,(H,32,33). The molecule has 0 amide bonds. The molecule has 0 aliphatic carbocycles. The molecule has 5 aromatic rings. The Labute approximate surface area is 208 Å². The van der Waals surface area contributed by atoms with Gasteiger partial charge >= 0.3 is 0 Å². The third kappa shape index (κ3) is 5.23. The first-order valence-corrected chi connectivity index (χ1v) is 11.5. The molecule has 34 heavy (non-hydrogen) atoms. The van der Waals surface area contributed by atoms with Crippen LogP contribution in [0.2, 0.25) is 10.0 Å². The number of imidazole rings is 1. The molecule has 0 fully saturated rings. The van der Waals surface area contributed by atoms with Crippen LogP contribution >= 0.6 is 23.2 Å². The summed E-state index contributed by atoms with van der Waals surface area (Å²) in [7, 11) is 0. The SMILES string of the molecule is Clc1ccc(-c2c[nH]c(C=Cc3ccc(-c4ccc(Oc5ccccc5)cc4)cc3)n2)c(Cl)c1. The first-order chi connectivity index (χ1) is 16.6. The second-order valence-electron chi connectivity index (χ2n) is 7.69. The minimum Gasteiger partial charge on any atom is -0.457 e. The van der Waals surface area contributed by atoms with E-state index < -0.39 is 0 Å². The van der Waals surface area contributed by atoms with Crippen LogP contribution < -0.4 is 4.74 Å². The van der Waals surface area contributed by atoms with Crippen LogP contribution in [-0.2, 0) is 0 Å². The molecule has 1 heterocycles. The van der Waals surface area contributed by atoms with Gasteiger partial charge in [-0.05, 0) is 65.2 Å². The summed E-state index contributed by atoms with van der Waals surface area (Å²) in [6.07, 6.45) is 5.80. The molecule has 0 aliphatic heterocycles. The Hall–Kier alpha value is -3.79. The number of hydrogen-bond acceptors (Lipinski definition) is 2. The second-order valence-corrected chi connectivity index (χ2v) is 8.53. The molecule has 0 spiro atoms. The average Bonchev–Trinajstić information content (AvgIpc) is 3.33. The van der Waals surface area contributed by atoms with Crippen LogP contribution in [-0.4, -0.2) is 9.97 Å². The molecule has 0 unspecified atom stereocenters. The minimum atomic E-state index is 0.574. The van der Waals surface area contributed by atoms with Crippen LogP contribution in [0.5, 0.6) is 11.5 Å². The highest BCUT2D eigenvalue weighted by Crippen LogP contribution is 2.29. The molecule has 0 bridgehead atoms. The number of nitrogens with one attached hydrogen (secondary N) is 1. The van der Waals surface area contributed by atoms with Gasteiger partial charge < -0.3 is 9.72 Å². The molecule has 4 aromatic carbocycles. The number of hydrogen-bond donors (Lipinski definition) is 1. The highest BCUT2D eigenvalue weighted by Gasteiger charge is 2.07. The fourth-order valence-electron chi connectivity index (χ4n) is 3.56. The van der Waals surface area contributed by atoms with E-state index in [0.717, 1.165) is 45.3 Å². The van der Waals surface area contributed by atoms with E-state index in [1.807, 2.05) is 66.9 Å². The molecule has 166 valence electrons. The lowest BCUT2D eigenvalue weighted by atomic mass is 10.0. The average molecular weight is 483 g/mol. The van der Waals surface area contributed by atoms with Gasteiger partial charge in [-0.1, -0.05) is 83.9 Å². The molecule has 1 aromatic heterocycles. The quantitative estimate of drug-likeness (QED) is 0.262. The van der Waals surface area contributed by atoms with Crippen molar-refractivity contribution in [1.82, 2.24) is 9.97 Å². The number of H-pyrrole nitrogens is 1. The second kappa shape index (κ2) is 10.0. The molecule has 5 rings (SSSR count). The van der Waals surface area contributed by atoms with Gasteiger partial charge in [0.25, 0.3) is 0 Å². The molecule has 0 aliphatic rings. The van der Waals surface area contributed by atoms with E-state index in [1.165, 1.54) is 0 Å². The van der Waals surface area contributed by atoms with Gasteiger partial charge in [0.2, 0.25) is 0 Å². The van der Waals surface area contributed by atoms with E-state index in [0.29, 0.717) is 10.0 Å². The lowest BCUT2D eigenvalue weighted by Gasteiger charge is -2.07. The monoisotopic (exact) mass is 482 g/mol. The maximum absolute atomic E-state index is 6.29. The molecular weight excluding hydrogens is 463 g/mol. The number of nitrogens with zero attached hydrogens (tertiary/aromatic N) is 1. The van der Waals surface area contributed by atoms with E-state index in [-0.39, 0.29) is 0 Å². The van der Waals surface area contributed by atoms with E-state index in [2.05, 4.69) is 46.4 Å². The predicted molar refractivity (Wildman–Crippen MR) is 141 cm³/mol. The van der Waals surface area contributed by atoms with Crippen LogP contribution in [0.4, 0.5) is 0 Å². The first kappa shape index (κ1) is 22.0. The van der Waals surface area contributed by atoms with E-state index in [9.17, 15) is 0 Å². The number of benzene rings is 4. The van der Waals surface area contributed by atoms with Crippen molar-refractivity contribution in [2.75, 3.05) is 0 Å². The topological polar surface area (TPSA) is 37.9 Å². The molecule has 1 N–H and O–H groups in total. The van der Waals surface area contributed by atoms with Crippen molar-refractivity contribution in [2.24, 2.45) is 0 Å². The Bertz CT molecular complexity index is 1420. The van der Waals surface area contributed by atoms with Crippen molar-refractivity contribution in [3.05, 3.63) is 125 Å². The first-order valence-electron chi connectivity index (χ1n) is 10.8. The van der Waals surface area contributed by atoms with E-state index in [4.69, 9.17) is 27.9 Å². The minimum absolute atomic E-state index is 0.574. The Morgan fingerprint density at radius 3 is 2.09 bits per heavy atom. The Morgan fingerprint density at radius 2 is 1.38 bits per heavy atom. The van der Waals surface area contributed by atoms with Crippen molar-refractivity contribution in [1.29, 1.82) is 0 Å². The van der Waals surface area contributed by atoms with Gasteiger partial charge in [-0.25, -0.2) is 4.98 Å². The number of para-hydroxylation sites is 1. The van der Waals surface area contributed by atoms with Crippen molar-refractivity contribution >= 4 is 35.4 Å². The van der Waals surface area contributed by atoms with E-state index >= 15 is 0 Å². The normalized spacial score (nSPS) is 11.1. The van der Waals surface area contributed by atoms with Crippen LogP contribution in [0.3, 0.4) is 0 Å². The summed E-state index contributed by atoms with van der Waals surface area (Å²) in [6.45, 7) is 0. The zero-order valence-corrected chi connectivity index (χ0v) is 19.6. The zero-order chi connectivity index (χ0) is 23.3. The molecule has 0 saturated carbocycles. The van der Waals surface area contributed by atoms with Crippen LogP contribution in [0, 0.1) is 0 Å². The van der Waals surface area contributed by atoms with Gasteiger partial charge in [0.05, 0.1) is 10.7 Å². The largest absolute Gasteiger partial charge is 0.457 e. The lowest BCUT2D eigenvalue weighted by molar-refractivity contribution is 0.483. The molecule has 5 heteroatoms. The zero-order valence-electron chi connectivity index (χ0n) is 18.1. The Balaban J connectivity index is 1.25. The number of aromatic nitrogens is 2. The fraction of sp³-hybridized carbons (Fsp3) is 0. The summed E-state index contributed by atoms with van der Waals surface area (Å²) >= 11 is 12.3. The van der Waals surface area contributed by atoms with Crippen LogP contribution in [0.15, 0.2) is 103 Å². The highest BCUT2D eigenvalue weighted by atomic mass is 35.5. The van der Waals surface area contributed by atoms with Crippen molar-refractivity contribution in [3.63, 3.8) is 0 Å². The fourth-order valence-corrected chi connectivity index (χ4v) is 4.06. The van der Waals surface area contributed by atoms with Gasteiger partial charge in [-0.3, -0.25) is 0 Å². The van der Waals surface area contributed by atoms with E-state index in [1.54, 1.807) is 12.1 Å². The number of aromatic amines is 1. The maximum atomic E-state index is 6.29. The molecule has 0 radical (unpaired) electrons. The van der Waals surface area contributed by atoms with Gasteiger partial charge in [0.15, 0.2) is 0 Å². The summed E-state index contributed by atoms with van der Waals surface area (Å²) in [5.41, 5.74) is 4.96. The summed E-state index contributed by atoms with van der Waals surface area (Å²) in [4.78, 5) is 7.78. The molecular formula is C29H20Cl2N2O.